The van der Waals surface area contributed by atoms with Crippen molar-refractivity contribution in [3.8, 4) is 0 Å². The third kappa shape index (κ3) is 4.65. The summed E-state index contributed by atoms with van der Waals surface area (Å²) in [7, 11) is 0. The summed E-state index contributed by atoms with van der Waals surface area (Å²) in [5.41, 5.74) is 0. The fourth-order valence-electron chi connectivity index (χ4n) is 1.05. The Kier molecular flexibility index (Phi) is 7.36. The number of amides is 1. The van der Waals surface area contributed by atoms with E-state index in [9.17, 15) is 4.79 Å². The maximum absolute atomic E-state index is 11.3. The molecule has 0 bridgehead atoms. The van der Waals surface area contributed by atoms with Crippen molar-refractivity contribution in [1.82, 2.24) is 4.90 Å². The van der Waals surface area contributed by atoms with E-state index in [4.69, 9.17) is 0 Å². The van der Waals surface area contributed by atoms with Crippen LogP contribution >= 0.6 is 12.6 Å². The van der Waals surface area contributed by atoms with Crippen molar-refractivity contribution < 1.29 is 4.79 Å². The third-order valence-corrected chi connectivity index (χ3v) is 2.01. The summed E-state index contributed by atoms with van der Waals surface area (Å²) in [6.07, 6.45) is 2.84. The molecule has 0 aliphatic rings. The van der Waals surface area contributed by atoms with Gasteiger partial charge >= 0.3 is 0 Å². The van der Waals surface area contributed by atoms with Crippen LogP contribution in [0.15, 0.2) is 0 Å². The molecule has 0 aromatic rings. The van der Waals surface area contributed by atoms with Crippen LogP contribution in [0.2, 0.25) is 0 Å². The van der Waals surface area contributed by atoms with Crippen LogP contribution in [0.25, 0.3) is 0 Å². The van der Waals surface area contributed by atoms with E-state index < -0.39 is 0 Å². The molecule has 3 heteroatoms. The monoisotopic (exact) mass is 189 g/mol. The predicted octanol–water partition coefficient (Wildman–Crippen LogP) is 1.95. The molecule has 2 nitrogen and oxygen atoms in total. The molecule has 0 unspecified atom stereocenters. The second kappa shape index (κ2) is 7.47. The molecular weight excluding hydrogens is 170 g/mol. The largest absolute Gasteiger partial charge is 0.342 e. The highest BCUT2D eigenvalue weighted by atomic mass is 32.1. The van der Waals surface area contributed by atoms with Gasteiger partial charge in [-0.05, 0) is 6.42 Å². The van der Waals surface area contributed by atoms with Crippen LogP contribution in [-0.4, -0.2) is 29.6 Å². The Hall–Kier alpha value is -0.180. The van der Waals surface area contributed by atoms with E-state index in [-0.39, 0.29) is 5.91 Å². The Bertz CT molecular complexity index is 128. The molecule has 0 heterocycles. The zero-order chi connectivity index (χ0) is 9.40. The summed E-state index contributed by atoms with van der Waals surface area (Å²) in [5, 5.41) is 0. The normalized spacial score (nSPS) is 9.92. The van der Waals surface area contributed by atoms with Crippen molar-refractivity contribution in [2.75, 3.05) is 18.8 Å². The van der Waals surface area contributed by atoms with E-state index in [1.54, 1.807) is 0 Å². The standard InChI is InChI=1S/C9H19NOS/c1-3-5-6-10(7-8-12)9(11)4-2/h12H,3-8H2,1-2H3. The van der Waals surface area contributed by atoms with Gasteiger partial charge in [-0.15, -0.1) is 0 Å². The highest BCUT2D eigenvalue weighted by molar-refractivity contribution is 7.80. The first-order valence-corrected chi connectivity index (χ1v) is 5.28. The topological polar surface area (TPSA) is 20.3 Å². The molecule has 0 spiro atoms. The van der Waals surface area contributed by atoms with Crippen LogP contribution in [0, 0.1) is 0 Å². The highest BCUT2D eigenvalue weighted by Crippen LogP contribution is 1.98. The Balaban J connectivity index is 3.76. The molecule has 0 saturated carbocycles. The molecule has 0 radical (unpaired) electrons. The molecule has 0 aliphatic heterocycles. The smallest absolute Gasteiger partial charge is 0.222 e. The van der Waals surface area contributed by atoms with E-state index in [1.807, 2.05) is 11.8 Å². The van der Waals surface area contributed by atoms with Crippen LogP contribution in [-0.2, 0) is 4.79 Å². The lowest BCUT2D eigenvalue weighted by molar-refractivity contribution is -0.130. The van der Waals surface area contributed by atoms with Gasteiger partial charge < -0.3 is 4.90 Å². The summed E-state index contributed by atoms with van der Waals surface area (Å²) in [6.45, 7) is 5.72. The molecular formula is C9H19NOS. The number of nitrogens with zero attached hydrogens (tertiary/aromatic N) is 1. The van der Waals surface area contributed by atoms with Gasteiger partial charge in [0.1, 0.15) is 0 Å². The first-order chi connectivity index (χ1) is 5.76. The predicted molar refractivity (Wildman–Crippen MR) is 55.6 cm³/mol. The summed E-state index contributed by atoms with van der Waals surface area (Å²) >= 11 is 4.12. The Labute approximate surface area is 80.7 Å². The number of rotatable bonds is 6. The van der Waals surface area contributed by atoms with Gasteiger partial charge in [-0.1, -0.05) is 20.3 Å². The van der Waals surface area contributed by atoms with Crippen molar-refractivity contribution >= 4 is 18.5 Å². The maximum Gasteiger partial charge on any atom is 0.222 e. The number of hydrogen-bond donors (Lipinski definition) is 1. The first-order valence-electron chi connectivity index (χ1n) is 4.64. The Morgan fingerprint density at radius 1 is 1.33 bits per heavy atom. The Morgan fingerprint density at radius 2 is 2.00 bits per heavy atom. The number of carbonyl (C=O) groups is 1. The fourth-order valence-corrected chi connectivity index (χ4v) is 1.30. The van der Waals surface area contributed by atoms with E-state index in [0.717, 1.165) is 31.7 Å². The minimum Gasteiger partial charge on any atom is -0.342 e. The maximum atomic E-state index is 11.3. The summed E-state index contributed by atoms with van der Waals surface area (Å²) in [6, 6.07) is 0. The molecule has 0 aliphatic carbocycles. The summed E-state index contributed by atoms with van der Waals surface area (Å²) < 4.78 is 0. The van der Waals surface area contributed by atoms with E-state index in [2.05, 4.69) is 19.6 Å². The van der Waals surface area contributed by atoms with E-state index in [1.165, 1.54) is 0 Å². The highest BCUT2D eigenvalue weighted by Gasteiger charge is 2.08. The van der Waals surface area contributed by atoms with Gasteiger partial charge in [0.15, 0.2) is 0 Å². The van der Waals surface area contributed by atoms with E-state index >= 15 is 0 Å². The summed E-state index contributed by atoms with van der Waals surface area (Å²) in [4.78, 5) is 13.2. The van der Waals surface area contributed by atoms with Gasteiger partial charge in [-0.25, -0.2) is 0 Å². The average Bonchev–Trinajstić information content (AvgIpc) is 2.11. The van der Waals surface area contributed by atoms with Gasteiger partial charge in [-0.2, -0.15) is 12.6 Å². The molecule has 0 aromatic carbocycles. The minimum absolute atomic E-state index is 0.248. The number of carbonyl (C=O) groups excluding carboxylic acids is 1. The summed E-state index contributed by atoms with van der Waals surface area (Å²) in [5.74, 6) is 1.01. The third-order valence-electron chi connectivity index (χ3n) is 1.81. The second-order valence-electron chi connectivity index (χ2n) is 2.81. The van der Waals surface area contributed by atoms with Gasteiger partial charge in [0.2, 0.25) is 5.91 Å². The van der Waals surface area contributed by atoms with Crippen LogP contribution in [0.1, 0.15) is 33.1 Å². The van der Waals surface area contributed by atoms with Crippen LogP contribution in [0.3, 0.4) is 0 Å². The number of hydrogen-bond acceptors (Lipinski definition) is 2. The van der Waals surface area contributed by atoms with E-state index in [0.29, 0.717) is 6.42 Å². The van der Waals surface area contributed by atoms with Gasteiger partial charge in [-0.3, -0.25) is 4.79 Å². The molecule has 0 N–H and O–H groups in total. The second-order valence-corrected chi connectivity index (χ2v) is 3.26. The van der Waals surface area contributed by atoms with Gasteiger partial charge in [0.25, 0.3) is 0 Å². The van der Waals surface area contributed by atoms with Crippen LogP contribution in [0.5, 0.6) is 0 Å². The van der Waals surface area contributed by atoms with Gasteiger partial charge in [0, 0.05) is 25.3 Å². The molecule has 12 heavy (non-hydrogen) atoms. The average molecular weight is 189 g/mol. The van der Waals surface area contributed by atoms with Crippen molar-refractivity contribution in [3.63, 3.8) is 0 Å². The SMILES string of the molecule is CCCCN(CCS)C(=O)CC. The lowest BCUT2D eigenvalue weighted by Gasteiger charge is -2.20. The van der Waals surface area contributed by atoms with Gasteiger partial charge in [0.05, 0.1) is 0 Å². The van der Waals surface area contributed by atoms with Crippen molar-refractivity contribution in [2.45, 2.75) is 33.1 Å². The minimum atomic E-state index is 0.248. The lowest BCUT2D eigenvalue weighted by Crippen LogP contribution is -2.32. The van der Waals surface area contributed by atoms with Crippen molar-refractivity contribution in [2.24, 2.45) is 0 Å². The number of unbranched alkanes of at least 4 members (excludes halogenated alkanes) is 1. The van der Waals surface area contributed by atoms with Crippen molar-refractivity contribution in [1.29, 1.82) is 0 Å². The quantitative estimate of drug-likeness (QED) is 0.633. The first kappa shape index (κ1) is 11.8. The molecule has 0 atom stereocenters. The lowest BCUT2D eigenvalue weighted by atomic mass is 10.3. The Morgan fingerprint density at radius 3 is 2.42 bits per heavy atom. The molecule has 0 rings (SSSR count). The van der Waals surface area contributed by atoms with Crippen LogP contribution < -0.4 is 0 Å². The fraction of sp³-hybridized carbons (Fsp3) is 0.889. The molecule has 0 aromatic heterocycles. The molecule has 0 fully saturated rings. The number of thiol groups is 1. The zero-order valence-electron chi connectivity index (χ0n) is 8.05. The van der Waals surface area contributed by atoms with Crippen LogP contribution in [0.4, 0.5) is 0 Å². The molecule has 1 amide bonds. The molecule has 0 saturated heterocycles. The zero-order valence-corrected chi connectivity index (χ0v) is 8.94. The molecule has 72 valence electrons. The van der Waals surface area contributed by atoms with Crippen molar-refractivity contribution in [3.05, 3.63) is 0 Å².